The summed E-state index contributed by atoms with van der Waals surface area (Å²) in [5, 5.41) is 1.27. The fourth-order valence-corrected chi connectivity index (χ4v) is 2.41. The number of pyridine rings is 1. The average molecular weight is 268 g/mol. The minimum absolute atomic E-state index is 0.0109. The molecule has 2 aromatic heterocycles. The second-order valence-corrected chi connectivity index (χ2v) is 6.23. The van der Waals surface area contributed by atoms with Crippen LogP contribution in [0.25, 0.3) is 22.1 Å². The monoisotopic (exact) mass is 268 g/mol. The van der Waals surface area contributed by atoms with E-state index in [4.69, 9.17) is 4.42 Å². The number of aryl methyl sites for hydroxylation is 1. The molecule has 0 aliphatic heterocycles. The summed E-state index contributed by atoms with van der Waals surface area (Å²) in [4.78, 5) is 12.6. The zero-order chi connectivity index (χ0) is 14.5. The Bertz CT molecular complexity index is 870. The third-order valence-electron chi connectivity index (χ3n) is 3.66. The molecule has 3 nitrogen and oxygen atoms in total. The maximum atomic E-state index is 12.6. The molecule has 0 fully saturated rings. The molecule has 0 amide bonds. The Morgan fingerprint density at radius 3 is 2.55 bits per heavy atom. The standard InChI is InChI=1S/C17H18NO2/c1-17(2,3)11-7-8-14-13(10-11)15(19)12-6-5-9-18(4)16(12)20-14/h5-10H,1-4H3/q+1. The molecular weight excluding hydrogens is 250 g/mol. The van der Waals surface area contributed by atoms with Gasteiger partial charge in [-0.05, 0) is 29.2 Å². The van der Waals surface area contributed by atoms with Gasteiger partial charge in [-0.15, -0.1) is 0 Å². The van der Waals surface area contributed by atoms with Gasteiger partial charge in [-0.1, -0.05) is 26.8 Å². The zero-order valence-electron chi connectivity index (χ0n) is 12.2. The second kappa shape index (κ2) is 4.17. The van der Waals surface area contributed by atoms with E-state index in [-0.39, 0.29) is 10.8 Å². The first-order chi connectivity index (χ1) is 9.38. The van der Waals surface area contributed by atoms with E-state index in [0.717, 1.165) is 5.56 Å². The van der Waals surface area contributed by atoms with E-state index >= 15 is 0 Å². The summed E-state index contributed by atoms with van der Waals surface area (Å²) < 4.78 is 7.72. The van der Waals surface area contributed by atoms with Crippen LogP contribution in [0, 0.1) is 0 Å². The first-order valence-corrected chi connectivity index (χ1v) is 6.73. The SMILES string of the molecule is C[n+]1cccc2c(=O)c3cc(C(C)(C)C)ccc3oc21. The van der Waals surface area contributed by atoms with Gasteiger partial charge in [0.25, 0.3) is 0 Å². The van der Waals surface area contributed by atoms with Crippen molar-refractivity contribution in [1.82, 2.24) is 0 Å². The van der Waals surface area contributed by atoms with Crippen molar-refractivity contribution in [1.29, 1.82) is 0 Å². The lowest BCUT2D eigenvalue weighted by atomic mass is 9.86. The van der Waals surface area contributed by atoms with E-state index in [1.807, 2.05) is 48.1 Å². The van der Waals surface area contributed by atoms with E-state index < -0.39 is 0 Å². The fraction of sp³-hybridized carbons (Fsp3) is 0.294. The van der Waals surface area contributed by atoms with Gasteiger partial charge in [0.15, 0.2) is 6.20 Å². The Labute approximate surface area is 117 Å². The van der Waals surface area contributed by atoms with Crippen molar-refractivity contribution in [2.24, 2.45) is 7.05 Å². The van der Waals surface area contributed by atoms with Gasteiger partial charge in [0.05, 0.1) is 5.39 Å². The molecule has 0 spiro atoms. The number of hydrogen-bond acceptors (Lipinski definition) is 2. The van der Waals surface area contributed by atoms with Crippen LogP contribution >= 0.6 is 0 Å². The minimum Gasteiger partial charge on any atom is -0.404 e. The van der Waals surface area contributed by atoms with E-state index in [1.165, 1.54) is 0 Å². The van der Waals surface area contributed by atoms with Crippen molar-refractivity contribution in [2.45, 2.75) is 26.2 Å². The molecule has 3 rings (SSSR count). The van der Waals surface area contributed by atoms with Gasteiger partial charge in [0, 0.05) is 6.07 Å². The highest BCUT2D eigenvalue weighted by molar-refractivity contribution is 5.87. The highest BCUT2D eigenvalue weighted by Gasteiger charge is 2.18. The maximum absolute atomic E-state index is 12.6. The third-order valence-corrected chi connectivity index (χ3v) is 3.66. The Morgan fingerprint density at radius 2 is 1.85 bits per heavy atom. The number of rotatable bonds is 0. The molecule has 1 aromatic carbocycles. The second-order valence-electron chi connectivity index (χ2n) is 6.23. The number of fused-ring (bicyclic) bond motifs is 2. The van der Waals surface area contributed by atoms with Crippen molar-refractivity contribution in [3.05, 3.63) is 52.3 Å². The topological polar surface area (TPSA) is 34.1 Å². The van der Waals surface area contributed by atoms with E-state index in [9.17, 15) is 4.79 Å². The molecule has 0 aliphatic rings. The highest BCUT2D eigenvalue weighted by atomic mass is 16.3. The molecule has 0 aliphatic carbocycles. The van der Waals surface area contributed by atoms with Crippen molar-refractivity contribution in [3.63, 3.8) is 0 Å². The molecule has 0 unspecified atom stereocenters. The first kappa shape index (κ1) is 12.9. The maximum Gasteiger partial charge on any atom is 0.384 e. The quantitative estimate of drug-likeness (QED) is 0.464. The van der Waals surface area contributed by atoms with Gasteiger partial charge in [-0.25, -0.2) is 0 Å². The molecule has 0 atom stereocenters. The summed E-state index contributed by atoms with van der Waals surface area (Å²) in [5.41, 5.74) is 2.42. The smallest absolute Gasteiger partial charge is 0.384 e. The van der Waals surface area contributed by atoms with Gasteiger partial charge in [0.2, 0.25) is 5.43 Å². The molecule has 2 heterocycles. The summed E-state index contributed by atoms with van der Waals surface area (Å²) in [5.74, 6) is 0. The summed E-state index contributed by atoms with van der Waals surface area (Å²) in [6, 6.07) is 9.54. The van der Waals surface area contributed by atoms with Crippen LogP contribution in [0.5, 0.6) is 0 Å². The highest BCUT2D eigenvalue weighted by Crippen LogP contribution is 2.25. The van der Waals surface area contributed by atoms with Crippen molar-refractivity contribution >= 4 is 22.1 Å². The van der Waals surface area contributed by atoms with Gasteiger partial charge >= 0.3 is 5.71 Å². The van der Waals surface area contributed by atoms with E-state index in [1.54, 1.807) is 0 Å². The molecule has 0 bridgehead atoms. The predicted molar refractivity (Wildman–Crippen MR) is 79.9 cm³/mol. The third kappa shape index (κ3) is 1.90. The fourth-order valence-electron chi connectivity index (χ4n) is 2.41. The number of benzene rings is 1. The Balaban J connectivity index is 2.45. The van der Waals surface area contributed by atoms with Crippen molar-refractivity contribution in [3.8, 4) is 0 Å². The van der Waals surface area contributed by atoms with Crippen molar-refractivity contribution in [2.75, 3.05) is 0 Å². The number of hydrogen-bond donors (Lipinski definition) is 0. The average Bonchev–Trinajstić information content (AvgIpc) is 2.39. The van der Waals surface area contributed by atoms with Crippen molar-refractivity contribution < 1.29 is 8.98 Å². The van der Waals surface area contributed by atoms with Gasteiger partial charge < -0.3 is 4.42 Å². The first-order valence-electron chi connectivity index (χ1n) is 6.73. The van der Waals surface area contributed by atoms with Crippen LogP contribution in [0.3, 0.4) is 0 Å². The van der Waals surface area contributed by atoms with Crippen LogP contribution in [0.4, 0.5) is 0 Å². The lowest BCUT2D eigenvalue weighted by Crippen LogP contribution is -2.29. The van der Waals surface area contributed by atoms with Crippen LogP contribution in [-0.2, 0) is 12.5 Å². The molecular formula is C17H18NO2+. The Kier molecular flexibility index (Phi) is 2.68. The molecule has 20 heavy (non-hydrogen) atoms. The molecule has 3 aromatic rings. The lowest BCUT2D eigenvalue weighted by Gasteiger charge is -2.18. The van der Waals surface area contributed by atoms with Crippen LogP contribution in [0.1, 0.15) is 26.3 Å². The van der Waals surface area contributed by atoms with Crippen LogP contribution in [0.15, 0.2) is 45.7 Å². The summed E-state index contributed by atoms with van der Waals surface area (Å²) in [7, 11) is 1.88. The van der Waals surface area contributed by atoms with E-state index in [2.05, 4.69) is 20.8 Å². The lowest BCUT2D eigenvalue weighted by molar-refractivity contribution is -0.651. The Morgan fingerprint density at radius 1 is 1.10 bits per heavy atom. The molecule has 0 saturated carbocycles. The van der Waals surface area contributed by atoms with Gasteiger partial charge in [-0.2, -0.15) is 4.57 Å². The minimum atomic E-state index is 0.0109. The van der Waals surface area contributed by atoms with E-state index in [0.29, 0.717) is 22.1 Å². The largest absolute Gasteiger partial charge is 0.404 e. The molecule has 0 saturated heterocycles. The molecule has 102 valence electrons. The number of nitrogens with zero attached hydrogens (tertiary/aromatic N) is 1. The van der Waals surface area contributed by atoms with Crippen LogP contribution < -0.4 is 10.00 Å². The zero-order valence-corrected chi connectivity index (χ0v) is 12.2. The normalized spacial score (nSPS) is 12.2. The summed E-state index contributed by atoms with van der Waals surface area (Å²) in [6.45, 7) is 6.41. The van der Waals surface area contributed by atoms with Crippen LogP contribution in [0.2, 0.25) is 0 Å². The van der Waals surface area contributed by atoms with Gasteiger partial charge in [-0.3, -0.25) is 4.79 Å². The van der Waals surface area contributed by atoms with Crippen LogP contribution in [-0.4, -0.2) is 0 Å². The molecule has 0 N–H and O–H groups in total. The summed E-state index contributed by atoms with van der Waals surface area (Å²) >= 11 is 0. The Hall–Kier alpha value is -2.16. The summed E-state index contributed by atoms with van der Waals surface area (Å²) in [6.07, 6.45) is 1.88. The van der Waals surface area contributed by atoms with Gasteiger partial charge in [0.1, 0.15) is 18.0 Å². The number of aromatic nitrogens is 1. The molecule has 0 radical (unpaired) electrons. The molecule has 3 heteroatoms. The predicted octanol–water partition coefficient (Wildman–Crippen LogP) is 3.07.